The number of likely N-dealkylation sites (tertiary alicyclic amines) is 1. The van der Waals surface area contributed by atoms with Crippen molar-refractivity contribution in [2.24, 2.45) is 10.9 Å². The van der Waals surface area contributed by atoms with Gasteiger partial charge in [0, 0.05) is 38.7 Å². The van der Waals surface area contributed by atoms with Crippen LogP contribution in [0.2, 0.25) is 0 Å². The van der Waals surface area contributed by atoms with Crippen LogP contribution < -0.4 is 10.6 Å². The van der Waals surface area contributed by atoms with Gasteiger partial charge < -0.3 is 15.4 Å². The normalized spacial score (nSPS) is 16.3. The number of guanidine groups is 1. The molecule has 2 heterocycles. The summed E-state index contributed by atoms with van der Waals surface area (Å²) in [5.41, 5.74) is 1.23. The molecule has 0 spiro atoms. The largest absolute Gasteiger partial charge is 0.380 e. The van der Waals surface area contributed by atoms with Crippen LogP contribution >= 0.6 is 35.3 Å². The Morgan fingerprint density at radius 2 is 2.12 bits per heavy atom. The number of ether oxygens (including phenoxy) is 1. The summed E-state index contributed by atoms with van der Waals surface area (Å²) >= 11 is 1.79. The maximum atomic E-state index is 5.34. The Labute approximate surface area is 179 Å². The highest BCUT2D eigenvalue weighted by Crippen LogP contribution is 2.19. The molecule has 150 valence electrons. The van der Waals surface area contributed by atoms with E-state index in [-0.39, 0.29) is 24.0 Å². The molecule has 0 bridgehead atoms. The van der Waals surface area contributed by atoms with E-state index < -0.39 is 0 Å². The van der Waals surface area contributed by atoms with Crippen LogP contribution in [0.1, 0.15) is 37.4 Å². The Hall–Kier alpha value is -0.450. The maximum absolute atomic E-state index is 5.34. The van der Waals surface area contributed by atoms with Crippen LogP contribution in [-0.4, -0.2) is 62.3 Å². The van der Waals surface area contributed by atoms with Gasteiger partial charge in [-0.25, -0.2) is 4.98 Å². The summed E-state index contributed by atoms with van der Waals surface area (Å²) in [7, 11) is 1.82. The standard InChI is InChI=1S/C18H33N5OS.HI/c1-4-17-22-16(14-25-17)13-23-9-6-15(7-10-23)12-21-18(19-3)20-8-11-24-5-2;/h14-15H,4-13H2,1-3H3,(H2,19,20,21);1H. The Bertz CT molecular complexity index is 517. The van der Waals surface area contributed by atoms with Gasteiger partial charge in [0.15, 0.2) is 5.96 Å². The number of thiazole rings is 1. The average Bonchev–Trinajstić information content (AvgIpc) is 3.10. The zero-order valence-electron chi connectivity index (χ0n) is 16.3. The molecule has 0 amide bonds. The molecule has 2 rings (SSSR count). The van der Waals surface area contributed by atoms with E-state index in [0.29, 0.717) is 12.5 Å². The van der Waals surface area contributed by atoms with Crippen LogP contribution in [0.25, 0.3) is 0 Å². The predicted molar refractivity (Wildman–Crippen MR) is 121 cm³/mol. The average molecular weight is 495 g/mol. The molecule has 8 heteroatoms. The molecule has 1 aliphatic heterocycles. The maximum Gasteiger partial charge on any atom is 0.191 e. The summed E-state index contributed by atoms with van der Waals surface area (Å²) in [5.74, 6) is 1.58. The van der Waals surface area contributed by atoms with Crippen LogP contribution in [0.5, 0.6) is 0 Å². The second-order valence-electron chi connectivity index (χ2n) is 6.38. The monoisotopic (exact) mass is 495 g/mol. The molecular formula is C18H34IN5OS. The first-order valence-electron chi connectivity index (χ1n) is 9.43. The fraction of sp³-hybridized carbons (Fsp3) is 0.778. The Morgan fingerprint density at radius 1 is 1.35 bits per heavy atom. The molecule has 1 aromatic heterocycles. The molecule has 0 unspecified atom stereocenters. The van der Waals surface area contributed by atoms with Crippen molar-refractivity contribution >= 4 is 41.3 Å². The van der Waals surface area contributed by atoms with Gasteiger partial charge in [-0.3, -0.25) is 9.89 Å². The number of nitrogens with zero attached hydrogens (tertiary/aromatic N) is 3. The lowest BCUT2D eigenvalue weighted by atomic mass is 9.97. The van der Waals surface area contributed by atoms with E-state index >= 15 is 0 Å². The molecule has 0 atom stereocenters. The van der Waals surface area contributed by atoms with Crippen LogP contribution in [-0.2, 0) is 17.7 Å². The van der Waals surface area contributed by atoms with Gasteiger partial charge in [0.1, 0.15) is 0 Å². The van der Waals surface area contributed by atoms with E-state index in [0.717, 1.165) is 51.7 Å². The fourth-order valence-corrected chi connectivity index (χ4v) is 3.75. The zero-order valence-corrected chi connectivity index (χ0v) is 19.4. The third kappa shape index (κ3) is 8.49. The minimum Gasteiger partial charge on any atom is -0.380 e. The molecule has 6 nitrogen and oxygen atoms in total. The van der Waals surface area contributed by atoms with Crippen molar-refractivity contribution in [1.82, 2.24) is 20.5 Å². The number of hydrogen-bond acceptors (Lipinski definition) is 5. The van der Waals surface area contributed by atoms with E-state index in [4.69, 9.17) is 4.74 Å². The lowest BCUT2D eigenvalue weighted by Crippen LogP contribution is -2.43. The number of aryl methyl sites for hydroxylation is 1. The van der Waals surface area contributed by atoms with Gasteiger partial charge in [-0.05, 0) is 45.2 Å². The lowest BCUT2D eigenvalue weighted by molar-refractivity contribution is 0.152. The Kier molecular flexibility index (Phi) is 12.4. The predicted octanol–water partition coefficient (Wildman–Crippen LogP) is 2.74. The van der Waals surface area contributed by atoms with E-state index in [9.17, 15) is 0 Å². The van der Waals surface area contributed by atoms with Crippen molar-refractivity contribution < 1.29 is 4.74 Å². The van der Waals surface area contributed by atoms with Gasteiger partial charge in [0.25, 0.3) is 0 Å². The van der Waals surface area contributed by atoms with Crippen molar-refractivity contribution in [3.05, 3.63) is 16.1 Å². The number of nitrogens with one attached hydrogen (secondary N) is 2. The van der Waals surface area contributed by atoms with E-state index in [1.807, 2.05) is 14.0 Å². The second kappa shape index (κ2) is 13.7. The minimum atomic E-state index is 0. The van der Waals surface area contributed by atoms with Crippen molar-refractivity contribution in [2.75, 3.05) is 46.4 Å². The van der Waals surface area contributed by atoms with Gasteiger partial charge in [0.2, 0.25) is 0 Å². The number of piperidine rings is 1. The second-order valence-corrected chi connectivity index (χ2v) is 7.33. The summed E-state index contributed by atoms with van der Waals surface area (Å²) in [6, 6.07) is 0. The summed E-state index contributed by atoms with van der Waals surface area (Å²) in [6.45, 7) is 10.7. The number of aromatic nitrogens is 1. The van der Waals surface area contributed by atoms with Crippen molar-refractivity contribution in [2.45, 2.75) is 39.7 Å². The Balaban J connectivity index is 0.00000338. The first-order chi connectivity index (χ1) is 12.2. The molecule has 0 saturated carbocycles. The SMILES string of the molecule is CCOCCNC(=NC)NCC1CCN(Cc2csc(CC)n2)CC1.I. The first kappa shape index (κ1) is 23.6. The van der Waals surface area contributed by atoms with Crippen LogP contribution in [0, 0.1) is 5.92 Å². The van der Waals surface area contributed by atoms with Gasteiger partial charge in [-0.1, -0.05) is 6.92 Å². The number of halogens is 1. The van der Waals surface area contributed by atoms with Crippen LogP contribution in [0.3, 0.4) is 0 Å². The topological polar surface area (TPSA) is 61.8 Å². The molecule has 1 saturated heterocycles. The number of aliphatic imine (C=N–C) groups is 1. The van der Waals surface area contributed by atoms with Gasteiger partial charge in [-0.2, -0.15) is 0 Å². The molecule has 0 aromatic carbocycles. The van der Waals surface area contributed by atoms with Gasteiger partial charge in [-0.15, -0.1) is 35.3 Å². The molecular weight excluding hydrogens is 461 g/mol. The van der Waals surface area contributed by atoms with Gasteiger partial charge in [0.05, 0.1) is 17.3 Å². The third-order valence-electron chi connectivity index (χ3n) is 4.52. The highest BCUT2D eigenvalue weighted by Gasteiger charge is 2.20. The van der Waals surface area contributed by atoms with Crippen LogP contribution in [0.4, 0.5) is 0 Å². The zero-order chi connectivity index (χ0) is 17.9. The van der Waals surface area contributed by atoms with Crippen molar-refractivity contribution in [1.29, 1.82) is 0 Å². The summed E-state index contributed by atoms with van der Waals surface area (Å²) in [4.78, 5) is 11.5. The molecule has 1 aromatic rings. The summed E-state index contributed by atoms with van der Waals surface area (Å²) < 4.78 is 5.34. The quantitative estimate of drug-likeness (QED) is 0.239. The van der Waals surface area contributed by atoms with Gasteiger partial charge >= 0.3 is 0 Å². The van der Waals surface area contributed by atoms with Crippen molar-refractivity contribution in [3.8, 4) is 0 Å². The third-order valence-corrected chi connectivity index (χ3v) is 5.56. The highest BCUT2D eigenvalue weighted by atomic mass is 127. The number of rotatable bonds is 9. The summed E-state index contributed by atoms with van der Waals surface area (Å²) in [6.07, 6.45) is 3.50. The first-order valence-corrected chi connectivity index (χ1v) is 10.3. The van der Waals surface area contributed by atoms with E-state index in [1.165, 1.54) is 23.5 Å². The molecule has 26 heavy (non-hydrogen) atoms. The smallest absolute Gasteiger partial charge is 0.191 e. The van der Waals surface area contributed by atoms with E-state index in [1.54, 1.807) is 11.3 Å². The molecule has 0 radical (unpaired) electrons. The molecule has 1 fully saturated rings. The summed E-state index contributed by atoms with van der Waals surface area (Å²) in [5, 5.41) is 10.2. The van der Waals surface area contributed by atoms with E-state index in [2.05, 4.69) is 37.8 Å². The minimum absolute atomic E-state index is 0. The van der Waals surface area contributed by atoms with Crippen molar-refractivity contribution in [3.63, 3.8) is 0 Å². The Morgan fingerprint density at radius 3 is 2.73 bits per heavy atom. The number of hydrogen-bond donors (Lipinski definition) is 2. The molecule has 2 N–H and O–H groups in total. The van der Waals surface area contributed by atoms with Crippen LogP contribution in [0.15, 0.2) is 10.4 Å². The fourth-order valence-electron chi connectivity index (χ4n) is 3.01. The molecule has 0 aliphatic carbocycles. The lowest BCUT2D eigenvalue weighted by Gasteiger charge is -2.31. The highest BCUT2D eigenvalue weighted by molar-refractivity contribution is 14.0. The molecule has 1 aliphatic rings.